The molecular formula is C9H19NO2. The highest BCUT2D eigenvalue weighted by molar-refractivity contribution is 4.67. The van der Waals surface area contributed by atoms with Gasteiger partial charge >= 0.3 is 0 Å². The van der Waals surface area contributed by atoms with Crippen LogP contribution in [0.2, 0.25) is 0 Å². The van der Waals surface area contributed by atoms with Crippen LogP contribution >= 0.6 is 0 Å². The lowest BCUT2D eigenvalue weighted by Crippen LogP contribution is -2.32. The Morgan fingerprint density at radius 1 is 1.58 bits per heavy atom. The summed E-state index contributed by atoms with van der Waals surface area (Å²) in [6.07, 6.45) is 1.29. The van der Waals surface area contributed by atoms with Crippen LogP contribution in [0.15, 0.2) is 0 Å². The standard InChI is InChI=1S/C9H19NO2/c1-7(10)8(2)12-6-9-3-4-11-5-9/h7-9H,3-6,10H2,1-2H3/t7-,8?,9?/m0/s1. The summed E-state index contributed by atoms with van der Waals surface area (Å²) in [5.74, 6) is 0.589. The lowest BCUT2D eigenvalue weighted by Gasteiger charge is -2.18. The van der Waals surface area contributed by atoms with Crippen molar-refractivity contribution >= 4 is 0 Å². The Morgan fingerprint density at radius 3 is 2.83 bits per heavy atom. The van der Waals surface area contributed by atoms with Gasteiger partial charge in [0.2, 0.25) is 0 Å². The summed E-state index contributed by atoms with van der Waals surface area (Å²) in [6.45, 7) is 6.52. The Labute approximate surface area is 74.2 Å². The molecule has 0 amide bonds. The zero-order valence-corrected chi connectivity index (χ0v) is 7.95. The number of hydrogen-bond donors (Lipinski definition) is 1. The second-order valence-corrected chi connectivity index (χ2v) is 3.63. The van der Waals surface area contributed by atoms with E-state index in [9.17, 15) is 0 Å². The molecule has 0 aliphatic carbocycles. The van der Waals surface area contributed by atoms with E-state index >= 15 is 0 Å². The van der Waals surface area contributed by atoms with E-state index in [0.29, 0.717) is 5.92 Å². The van der Waals surface area contributed by atoms with Crippen LogP contribution in [0.25, 0.3) is 0 Å². The average molecular weight is 173 g/mol. The van der Waals surface area contributed by atoms with Gasteiger partial charge in [-0.2, -0.15) is 0 Å². The van der Waals surface area contributed by atoms with Crippen LogP contribution in [0.5, 0.6) is 0 Å². The summed E-state index contributed by atoms with van der Waals surface area (Å²) in [7, 11) is 0. The largest absolute Gasteiger partial charge is 0.381 e. The van der Waals surface area contributed by atoms with E-state index in [4.69, 9.17) is 15.2 Å². The first-order valence-electron chi connectivity index (χ1n) is 4.65. The number of hydrogen-bond acceptors (Lipinski definition) is 3. The Kier molecular flexibility index (Phi) is 3.98. The predicted molar refractivity (Wildman–Crippen MR) is 48.0 cm³/mol. The van der Waals surface area contributed by atoms with Crippen LogP contribution in [0.4, 0.5) is 0 Å². The lowest BCUT2D eigenvalue weighted by molar-refractivity contribution is 0.0257. The molecule has 1 heterocycles. The van der Waals surface area contributed by atoms with Crippen LogP contribution in [-0.2, 0) is 9.47 Å². The molecule has 0 saturated carbocycles. The number of rotatable bonds is 4. The maximum atomic E-state index is 5.66. The van der Waals surface area contributed by atoms with E-state index in [1.165, 1.54) is 0 Å². The van der Waals surface area contributed by atoms with Gasteiger partial charge in [-0.05, 0) is 20.3 Å². The molecule has 1 fully saturated rings. The normalized spacial score (nSPS) is 28.8. The van der Waals surface area contributed by atoms with E-state index in [1.54, 1.807) is 0 Å². The summed E-state index contributed by atoms with van der Waals surface area (Å²) in [4.78, 5) is 0. The van der Waals surface area contributed by atoms with Crippen LogP contribution in [-0.4, -0.2) is 32.0 Å². The van der Waals surface area contributed by atoms with Crippen molar-refractivity contribution in [2.24, 2.45) is 11.7 Å². The monoisotopic (exact) mass is 173 g/mol. The van der Waals surface area contributed by atoms with Gasteiger partial charge < -0.3 is 15.2 Å². The van der Waals surface area contributed by atoms with Gasteiger partial charge in [-0.25, -0.2) is 0 Å². The van der Waals surface area contributed by atoms with Gasteiger partial charge in [0.15, 0.2) is 0 Å². The zero-order chi connectivity index (χ0) is 8.97. The molecule has 2 unspecified atom stereocenters. The fourth-order valence-electron chi connectivity index (χ4n) is 1.15. The molecular weight excluding hydrogens is 154 g/mol. The highest BCUT2D eigenvalue weighted by Crippen LogP contribution is 2.13. The van der Waals surface area contributed by atoms with Crippen molar-refractivity contribution in [3.63, 3.8) is 0 Å². The summed E-state index contributed by atoms with van der Waals surface area (Å²) < 4.78 is 10.8. The third-order valence-corrected chi connectivity index (χ3v) is 2.36. The predicted octanol–water partition coefficient (Wildman–Crippen LogP) is 0.775. The van der Waals surface area contributed by atoms with Crippen LogP contribution in [0, 0.1) is 5.92 Å². The number of ether oxygens (including phenoxy) is 2. The Morgan fingerprint density at radius 2 is 2.33 bits per heavy atom. The van der Waals surface area contributed by atoms with Crippen LogP contribution in [0.3, 0.4) is 0 Å². The third kappa shape index (κ3) is 3.09. The van der Waals surface area contributed by atoms with Gasteiger partial charge in [-0.3, -0.25) is 0 Å². The molecule has 1 saturated heterocycles. The topological polar surface area (TPSA) is 44.5 Å². The molecule has 3 heteroatoms. The first-order chi connectivity index (χ1) is 5.70. The van der Waals surface area contributed by atoms with Crippen molar-refractivity contribution in [1.82, 2.24) is 0 Å². The first-order valence-corrected chi connectivity index (χ1v) is 4.65. The molecule has 1 aliphatic heterocycles. The van der Waals surface area contributed by atoms with E-state index in [1.807, 2.05) is 13.8 Å². The summed E-state index contributed by atoms with van der Waals surface area (Å²) >= 11 is 0. The first kappa shape index (κ1) is 9.96. The maximum Gasteiger partial charge on any atom is 0.0695 e. The molecule has 0 aromatic heterocycles. The SMILES string of the molecule is CC(OCC1CCOC1)[C@H](C)N. The molecule has 3 atom stereocenters. The van der Waals surface area contributed by atoms with E-state index in [0.717, 1.165) is 26.2 Å². The minimum Gasteiger partial charge on any atom is -0.381 e. The molecule has 0 radical (unpaired) electrons. The van der Waals surface area contributed by atoms with Gasteiger partial charge in [-0.15, -0.1) is 0 Å². The smallest absolute Gasteiger partial charge is 0.0695 e. The molecule has 3 nitrogen and oxygen atoms in total. The maximum absolute atomic E-state index is 5.66. The van der Waals surface area contributed by atoms with Gasteiger partial charge in [0.05, 0.1) is 19.3 Å². The van der Waals surface area contributed by atoms with Crippen molar-refractivity contribution in [3.8, 4) is 0 Å². The fraction of sp³-hybridized carbons (Fsp3) is 1.00. The van der Waals surface area contributed by atoms with Crippen molar-refractivity contribution in [1.29, 1.82) is 0 Å². The summed E-state index contributed by atoms with van der Waals surface area (Å²) in [6, 6.07) is 0.118. The molecule has 0 bridgehead atoms. The second kappa shape index (κ2) is 4.80. The summed E-state index contributed by atoms with van der Waals surface area (Å²) in [5.41, 5.74) is 5.66. The Balaban J connectivity index is 2.07. The van der Waals surface area contributed by atoms with E-state index < -0.39 is 0 Å². The second-order valence-electron chi connectivity index (χ2n) is 3.63. The molecule has 2 N–H and O–H groups in total. The minimum absolute atomic E-state index is 0.118. The molecule has 12 heavy (non-hydrogen) atoms. The summed E-state index contributed by atoms with van der Waals surface area (Å²) in [5, 5.41) is 0. The van der Waals surface area contributed by atoms with Gasteiger partial charge in [0.25, 0.3) is 0 Å². The molecule has 1 aliphatic rings. The van der Waals surface area contributed by atoms with Crippen molar-refractivity contribution in [2.75, 3.05) is 19.8 Å². The highest BCUT2D eigenvalue weighted by atomic mass is 16.5. The van der Waals surface area contributed by atoms with Gasteiger partial charge in [0, 0.05) is 18.6 Å². The fourth-order valence-corrected chi connectivity index (χ4v) is 1.15. The van der Waals surface area contributed by atoms with Crippen molar-refractivity contribution in [3.05, 3.63) is 0 Å². The van der Waals surface area contributed by atoms with Gasteiger partial charge in [0.1, 0.15) is 0 Å². The van der Waals surface area contributed by atoms with E-state index in [2.05, 4.69) is 0 Å². The molecule has 0 aromatic rings. The average Bonchev–Trinajstić information content (AvgIpc) is 2.51. The quantitative estimate of drug-likeness (QED) is 0.683. The van der Waals surface area contributed by atoms with Crippen molar-refractivity contribution in [2.45, 2.75) is 32.4 Å². The van der Waals surface area contributed by atoms with Crippen molar-refractivity contribution < 1.29 is 9.47 Å². The molecule has 0 spiro atoms. The Hall–Kier alpha value is -0.120. The van der Waals surface area contributed by atoms with E-state index in [-0.39, 0.29) is 12.1 Å². The number of nitrogens with two attached hydrogens (primary N) is 1. The van der Waals surface area contributed by atoms with Gasteiger partial charge in [-0.1, -0.05) is 0 Å². The minimum atomic E-state index is 0.118. The Bertz CT molecular complexity index is 120. The molecule has 1 rings (SSSR count). The zero-order valence-electron chi connectivity index (χ0n) is 7.95. The third-order valence-electron chi connectivity index (χ3n) is 2.36. The lowest BCUT2D eigenvalue weighted by atomic mass is 10.1. The van der Waals surface area contributed by atoms with Crippen LogP contribution in [0.1, 0.15) is 20.3 Å². The molecule has 0 aromatic carbocycles. The van der Waals surface area contributed by atoms with Crippen LogP contribution < -0.4 is 5.73 Å². The molecule has 72 valence electrons. The highest BCUT2D eigenvalue weighted by Gasteiger charge is 2.17.